The van der Waals surface area contributed by atoms with Gasteiger partial charge >= 0.3 is 5.97 Å². The van der Waals surface area contributed by atoms with E-state index in [0.717, 1.165) is 6.33 Å². The molecule has 0 spiro atoms. The summed E-state index contributed by atoms with van der Waals surface area (Å²) in [4.78, 5) is 25.2. The number of halogens is 2. The van der Waals surface area contributed by atoms with Crippen LogP contribution in [0.2, 0.25) is 0 Å². The molecule has 1 N–H and O–H groups in total. The maximum Gasteiger partial charge on any atom is 0.313 e. The highest BCUT2D eigenvalue weighted by atomic mass is 19.2. The van der Waals surface area contributed by atoms with Gasteiger partial charge in [-0.1, -0.05) is 0 Å². The monoisotopic (exact) mass is 296 g/mol. The van der Waals surface area contributed by atoms with Crippen molar-refractivity contribution in [3.63, 3.8) is 0 Å². The standard InChI is InChI=1S/C12H10F2N4O3/c1-21-8(19)2-7-15-3-6(4-16-7)11(20)10-9(13)12(14)18-5-17-10/h3-5,11,20H,2H2,1H3. The van der Waals surface area contributed by atoms with Gasteiger partial charge in [-0.05, 0) is 0 Å². The topological polar surface area (TPSA) is 98.1 Å². The smallest absolute Gasteiger partial charge is 0.313 e. The fourth-order valence-electron chi connectivity index (χ4n) is 1.51. The molecule has 0 fully saturated rings. The Hall–Kier alpha value is -2.55. The maximum atomic E-state index is 13.5. The van der Waals surface area contributed by atoms with Crippen LogP contribution >= 0.6 is 0 Å². The van der Waals surface area contributed by atoms with Crippen LogP contribution in [0.1, 0.15) is 23.2 Å². The van der Waals surface area contributed by atoms with Gasteiger partial charge in [0.1, 0.15) is 30.4 Å². The molecule has 7 nitrogen and oxygen atoms in total. The van der Waals surface area contributed by atoms with Crippen LogP contribution in [0.15, 0.2) is 18.7 Å². The first kappa shape index (κ1) is 14.9. The molecule has 110 valence electrons. The van der Waals surface area contributed by atoms with E-state index in [1.165, 1.54) is 19.5 Å². The second-order valence-corrected chi connectivity index (χ2v) is 3.95. The van der Waals surface area contributed by atoms with E-state index in [1.807, 2.05) is 0 Å². The molecular formula is C12H10F2N4O3. The van der Waals surface area contributed by atoms with Crippen LogP contribution in [0.4, 0.5) is 8.78 Å². The summed E-state index contributed by atoms with van der Waals surface area (Å²) >= 11 is 0. The lowest BCUT2D eigenvalue weighted by atomic mass is 10.1. The maximum absolute atomic E-state index is 13.5. The molecule has 0 aromatic carbocycles. The Balaban J connectivity index is 2.22. The molecular weight excluding hydrogens is 286 g/mol. The number of hydrogen-bond acceptors (Lipinski definition) is 7. The van der Waals surface area contributed by atoms with E-state index in [-0.39, 0.29) is 17.8 Å². The summed E-state index contributed by atoms with van der Waals surface area (Å²) in [6.07, 6.45) is 1.49. The molecule has 2 aromatic rings. The molecule has 21 heavy (non-hydrogen) atoms. The number of nitrogens with zero attached hydrogens (tertiary/aromatic N) is 4. The Morgan fingerprint density at radius 3 is 2.57 bits per heavy atom. The van der Waals surface area contributed by atoms with Gasteiger partial charge in [-0.15, -0.1) is 0 Å². The molecule has 0 bridgehead atoms. The third-order valence-corrected chi connectivity index (χ3v) is 2.60. The number of carbonyl (C=O) groups is 1. The first-order chi connectivity index (χ1) is 10.0. The van der Waals surface area contributed by atoms with Crippen molar-refractivity contribution in [2.24, 2.45) is 0 Å². The zero-order valence-corrected chi connectivity index (χ0v) is 10.8. The van der Waals surface area contributed by atoms with Gasteiger partial charge in [0.2, 0.25) is 5.82 Å². The van der Waals surface area contributed by atoms with Gasteiger partial charge in [0.15, 0.2) is 0 Å². The molecule has 0 amide bonds. The van der Waals surface area contributed by atoms with Gasteiger partial charge in [-0.25, -0.2) is 19.9 Å². The van der Waals surface area contributed by atoms with Crippen molar-refractivity contribution in [1.82, 2.24) is 19.9 Å². The molecule has 2 rings (SSSR count). The number of aromatic nitrogens is 4. The molecule has 0 aliphatic rings. The SMILES string of the molecule is COC(=O)Cc1ncc(C(O)c2ncnc(F)c2F)cn1. The number of aliphatic hydroxyl groups is 1. The Kier molecular flexibility index (Phi) is 4.43. The molecule has 0 saturated carbocycles. The van der Waals surface area contributed by atoms with Gasteiger partial charge in [-0.2, -0.15) is 8.78 Å². The Morgan fingerprint density at radius 2 is 1.95 bits per heavy atom. The minimum atomic E-state index is -1.55. The summed E-state index contributed by atoms with van der Waals surface area (Å²) in [6, 6.07) is 0. The second kappa shape index (κ2) is 6.27. The van der Waals surface area contributed by atoms with Gasteiger partial charge in [-0.3, -0.25) is 4.79 Å². The highest BCUT2D eigenvalue weighted by molar-refractivity contribution is 5.71. The van der Waals surface area contributed by atoms with Crippen molar-refractivity contribution in [3.8, 4) is 0 Å². The van der Waals surface area contributed by atoms with Crippen LogP contribution in [-0.2, 0) is 16.0 Å². The molecule has 1 atom stereocenters. The van der Waals surface area contributed by atoms with E-state index >= 15 is 0 Å². The van der Waals surface area contributed by atoms with Gasteiger partial charge in [0.05, 0.1) is 7.11 Å². The van der Waals surface area contributed by atoms with Crippen LogP contribution in [0.25, 0.3) is 0 Å². The number of methoxy groups -OCH3 is 1. The summed E-state index contributed by atoms with van der Waals surface area (Å²) in [5, 5.41) is 9.95. The third kappa shape index (κ3) is 3.31. The zero-order valence-electron chi connectivity index (χ0n) is 10.8. The van der Waals surface area contributed by atoms with Crippen LogP contribution < -0.4 is 0 Å². The largest absolute Gasteiger partial charge is 0.469 e. The lowest BCUT2D eigenvalue weighted by molar-refractivity contribution is -0.139. The molecule has 0 aliphatic carbocycles. The summed E-state index contributed by atoms with van der Waals surface area (Å²) in [5.74, 6) is -3.05. The average molecular weight is 296 g/mol. The van der Waals surface area contributed by atoms with Crippen molar-refractivity contribution in [2.45, 2.75) is 12.5 Å². The van der Waals surface area contributed by atoms with Crippen LogP contribution in [0, 0.1) is 11.8 Å². The Labute approximate surface area is 117 Å². The molecule has 0 saturated heterocycles. The number of carbonyl (C=O) groups excluding carboxylic acids is 1. The van der Waals surface area contributed by atoms with Crippen LogP contribution in [-0.4, -0.2) is 38.1 Å². The first-order valence-corrected chi connectivity index (χ1v) is 5.74. The Bertz CT molecular complexity index is 651. The summed E-state index contributed by atoms with van der Waals surface area (Å²) in [6.45, 7) is 0. The summed E-state index contributed by atoms with van der Waals surface area (Å²) in [7, 11) is 1.23. The van der Waals surface area contributed by atoms with E-state index in [2.05, 4.69) is 24.7 Å². The third-order valence-electron chi connectivity index (χ3n) is 2.60. The molecule has 0 aliphatic heterocycles. The molecule has 2 heterocycles. The predicted octanol–water partition coefficient (Wildman–Crippen LogP) is 0.342. The lowest BCUT2D eigenvalue weighted by Crippen LogP contribution is -2.11. The highest BCUT2D eigenvalue weighted by Gasteiger charge is 2.21. The average Bonchev–Trinajstić information content (AvgIpc) is 2.50. The van der Waals surface area contributed by atoms with E-state index in [9.17, 15) is 18.7 Å². The van der Waals surface area contributed by atoms with Crippen molar-refractivity contribution >= 4 is 5.97 Å². The normalized spacial score (nSPS) is 12.0. The van der Waals surface area contributed by atoms with Crippen molar-refractivity contribution in [3.05, 3.63) is 47.6 Å². The van der Waals surface area contributed by atoms with Crippen molar-refractivity contribution in [1.29, 1.82) is 0 Å². The number of hydrogen-bond donors (Lipinski definition) is 1. The van der Waals surface area contributed by atoms with E-state index in [1.54, 1.807) is 0 Å². The Morgan fingerprint density at radius 1 is 1.29 bits per heavy atom. The van der Waals surface area contributed by atoms with Crippen LogP contribution in [0.3, 0.4) is 0 Å². The zero-order chi connectivity index (χ0) is 15.4. The molecule has 2 aromatic heterocycles. The van der Waals surface area contributed by atoms with Gasteiger partial charge in [0.25, 0.3) is 5.95 Å². The number of esters is 1. The van der Waals surface area contributed by atoms with E-state index in [0.29, 0.717) is 0 Å². The van der Waals surface area contributed by atoms with Gasteiger partial charge in [0, 0.05) is 18.0 Å². The van der Waals surface area contributed by atoms with Crippen molar-refractivity contribution in [2.75, 3.05) is 7.11 Å². The fraction of sp³-hybridized carbons (Fsp3) is 0.250. The highest BCUT2D eigenvalue weighted by Crippen LogP contribution is 2.21. The van der Waals surface area contributed by atoms with E-state index in [4.69, 9.17) is 0 Å². The predicted molar refractivity (Wildman–Crippen MR) is 63.8 cm³/mol. The number of rotatable bonds is 4. The molecule has 0 radical (unpaired) electrons. The number of ether oxygens (including phenoxy) is 1. The molecule has 9 heteroatoms. The number of aliphatic hydroxyl groups excluding tert-OH is 1. The van der Waals surface area contributed by atoms with E-state index < -0.39 is 29.5 Å². The minimum Gasteiger partial charge on any atom is -0.469 e. The lowest BCUT2D eigenvalue weighted by Gasteiger charge is -2.10. The van der Waals surface area contributed by atoms with Gasteiger partial charge < -0.3 is 9.84 Å². The quantitative estimate of drug-likeness (QED) is 0.641. The van der Waals surface area contributed by atoms with Crippen molar-refractivity contribution < 1.29 is 23.4 Å². The summed E-state index contributed by atoms with van der Waals surface area (Å²) < 4.78 is 30.9. The minimum absolute atomic E-state index is 0.0978. The van der Waals surface area contributed by atoms with Crippen LogP contribution in [0.5, 0.6) is 0 Å². The fourth-order valence-corrected chi connectivity index (χ4v) is 1.51. The first-order valence-electron chi connectivity index (χ1n) is 5.74. The molecule has 1 unspecified atom stereocenters. The summed E-state index contributed by atoms with van der Waals surface area (Å²) in [5.41, 5.74) is -0.424. The second-order valence-electron chi connectivity index (χ2n) is 3.95.